The minimum absolute atomic E-state index is 0.0291. The van der Waals surface area contributed by atoms with Crippen LogP contribution in [0.5, 0.6) is 0 Å². The number of carbonyl (C=O) groups excluding carboxylic acids is 2. The zero-order chi connectivity index (χ0) is 19.8. The van der Waals surface area contributed by atoms with Crippen molar-refractivity contribution in [2.24, 2.45) is 0 Å². The second-order valence-corrected chi connectivity index (χ2v) is 7.11. The fourth-order valence-corrected chi connectivity index (χ4v) is 3.33. The van der Waals surface area contributed by atoms with E-state index >= 15 is 0 Å². The summed E-state index contributed by atoms with van der Waals surface area (Å²) in [6.45, 7) is 1.77. The van der Waals surface area contributed by atoms with E-state index in [4.69, 9.17) is 4.42 Å². The molecule has 8 heteroatoms. The van der Waals surface area contributed by atoms with Crippen molar-refractivity contribution >= 4 is 49.6 Å². The van der Waals surface area contributed by atoms with E-state index in [0.29, 0.717) is 22.0 Å². The number of aryl methyl sites for hydroxylation is 1. The molecule has 0 aliphatic rings. The molecular formula is C20H14BrN3O4. The third-order valence-electron chi connectivity index (χ3n) is 4.38. The van der Waals surface area contributed by atoms with Crippen LogP contribution in [0.25, 0.3) is 21.9 Å². The summed E-state index contributed by atoms with van der Waals surface area (Å²) in [5.74, 6) is -1.13. The lowest BCUT2D eigenvalue weighted by molar-refractivity contribution is 0.0829. The van der Waals surface area contributed by atoms with Gasteiger partial charge < -0.3 is 9.40 Å². The van der Waals surface area contributed by atoms with Gasteiger partial charge in [-0.15, -0.1) is 0 Å². The highest BCUT2D eigenvalue weighted by Gasteiger charge is 2.18. The summed E-state index contributed by atoms with van der Waals surface area (Å²) in [4.78, 5) is 39.9. The average Bonchev–Trinajstić information content (AvgIpc) is 3.03. The van der Waals surface area contributed by atoms with Gasteiger partial charge in [0.2, 0.25) is 0 Å². The Kier molecular flexibility index (Phi) is 4.48. The van der Waals surface area contributed by atoms with E-state index < -0.39 is 11.8 Å². The molecule has 0 radical (unpaired) electrons. The van der Waals surface area contributed by atoms with Gasteiger partial charge in [-0.25, -0.2) is 0 Å². The first-order valence-electron chi connectivity index (χ1n) is 8.35. The summed E-state index contributed by atoms with van der Waals surface area (Å²) >= 11 is 3.31. The number of para-hydroxylation sites is 1. The fourth-order valence-electron chi connectivity index (χ4n) is 2.97. The molecule has 2 amide bonds. The predicted octanol–water partition coefficient (Wildman–Crippen LogP) is 3.42. The normalized spacial score (nSPS) is 10.9. The molecule has 0 spiro atoms. The lowest BCUT2D eigenvalue weighted by Crippen LogP contribution is -2.42. The molecule has 28 heavy (non-hydrogen) atoms. The standard InChI is InChI=1S/C20H14BrN3O4/c1-10-12-4-2-3-5-17(12)28-18(10)20(27)24-23-19(26)15-9-16(25)13-8-11(21)6-7-14(13)22-15/h2-9H,1H3,(H,22,25)(H,23,26)(H,24,27). The summed E-state index contributed by atoms with van der Waals surface area (Å²) in [5, 5.41) is 1.27. The monoisotopic (exact) mass is 439 g/mol. The van der Waals surface area contributed by atoms with Gasteiger partial charge >= 0.3 is 5.91 Å². The summed E-state index contributed by atoms with van der Waals surface area (Å²) in [6, 6.07) is 13.6. The third kappa shape index (κ3) is 3.18. The lowest BCUT2D eigenvalue weighted by atomic mass is 10.1. The van der Waals surface area contributed by atoms with Crippen LogP contribution < -0.4 is 16.3 Å². The minimum atomic E-state index is -0.649. The molecule has 4 aromatic rings. The number of amides is 2. The highest BCUT2D eigenvalue weighted by Crippen LogP contribution is 2.24. The Bertz CT molecular complexity index is 1310. The van der Waals surface area contributed by atoms with Crippen molar-refractivity contribution in [1.82, 2.24) is 15.8 Å². The van der Waals surface area contributed by atoms with Gasteiger partial charge in [-0.05, 0) is 31.2 Å². The second kappa shape index (κ2) is 6.97. The molecule has 140 valence electrons. The number of halogens is 1. The Hall–Kier alpha value is -3.39. The topological polar surface area (TPSA) is 104 Å². The SMILES string of the molecule is Cc1c(C(=O)NNC(=O)c2cc(=O)c3cc(Br)ccc3[nH]2)oc2ccccc12. The number of fused-ring (bicyclic) bond motifs is 2. The number of aromatic amines is 1. The van der Waals surface area contributed by atoms with Crippen LogP contribution in [0, 0.1) is 6.92 Å². The van der Waals surface area contributed by atoms with E-state index in [1.807, 2.05) is 18.2 Å². The summed E-state index contributed by atoms with van der Waals surface area (Å²) in [7, 11) is 0. The van der Waals surface area contributed by atoms with Crippen molar-refractivity contribution in [3.63, 3.8) is 0 Å². The van der Waals surface area contributed by atoms with Gasteiger partial charge in [0.25, 0.3) is 5.91 Å². The number of nitrogens with one attached hydrogen (secondary N) is 3. The lowest BCUT2D eigenvalue weighted by Gasteiger charge is -2.07. The van der Waals surface area contributed by atoms with Crippen LogP contribution in [-0.2, 0) is 0 Å². The number of hydrogen-bond acceptors (Lipinski definition) is 4. The molecule has 0 fully saturated rings. The third-order valence-corrected chi connectivity index (χ3v) is 4.87. The maximum absolute atomic E-state index is 12.4. The Morgan fingerprint density at radius 2 is 1.75 bits per heavy atom. The fraction of sp³-hybridized carbons (Fsp3) is 0.0500. The number of benzene rings is 2. The van der Waals surface area contributed by atoms with Crippen molar-refractivity contribution in [1.29, 1.82) is 0 Å². The summed E-state index contributed by atoms with van der Waals surface area (Å²) < 4.78 is 6.32. The zero-order valence-electron chi connectivity index (χ0n) is 14.6. The van der Waals surface area contributed by atoms with Crippen LogP contribution >= 0.6 is 15.9 Å². The number of carbonyl (C=O) groups is 2. The predicted molar refractivity (Wildman–Crippen MR) is 108 cm³/mol. The maximum Gasteiger partial charge on any atom is 0.305 e. The average molecular weight is 440 g/mol. The molecule has 2 aromatic heterocycles. The molecule has 0 unspecified atom stereocenters. The van der Waals surface area contributed by atoms with Gasteiger partial charge in [-0.3, -0.25) is 25.2 Å². The highest BCUT2D eigenvalue weighted by atomic mass is 79.9. The van der Waals surface area contributed by atoms with E-state index in [2.05, 4.69) is 31.8 Å². The molecule has 0 bridgehead atoms. The molecule has 3 N–H and O–H groups in total. The first kappa shape index (κ1) is 18.0. The summed E-state index contributed by atoms with van der Waals surface area (Å²) in [5.41, 5.74) is 6.10. The number of hydrogen-bond donors (Lipinski definition) is 3. The Morgan fingerprint density at radius 1 is 1.00 bits per heavy atom. The number of H-pyrrole nitrogens is 1. The highest BCUT2D eigenvalue weighted by molar-refractivity contribution is 9.10. The van der Waals surface area contributed by atoms with E-state index in [1.54, 1.807) is 31.2 Å². The molecule has 2 aromatic carbocycles. The van der Waals surface area contributed by atoms with Crippen LogP contribution in [0.3, 0.4) is 0 Å². The zero-order valence-corrected chi connectivity index (χ0v) is 16.2. The molecule has 0 aliphatic carbocycles. The van der Waals surface area contributed by atoms with Crippen LogP contribution in [0.1, 0.15) is 26.6 Å². The Balaban J connectivity index is 1.54. The number of hydrazine groups is 1. The maximum atomic E-state index is 12.4. The molecule has 0 saturated heterocycles. The molecular weight excluding hydrogens is 426 g/mol. The number of aromatic nitrogens is 1. The first-order chi connectivity index (χ1) is 13.4. The number of furan rings is 1. The molecule has 0 aliphatic heterocycles. The largest absolute Gasteiger partial charge is 0.451 e. The molecule has 2 heterocycles. The van der Waals surface area contributed by atoms with Crippen molar-refractivity contribution < 1.29 is 14.0 Å². The van der Waals surface area contributed by atoms with Crippen LogP contribution in [0.2, 0.25) is 0 Å². The Morgan fingerprint density at radius 3 is 2.54 bits per heavy atom. The smallest absolute Gasteiger partial charge is 0.305 e. The Labute approximate surface area is 166 Å². The van der Waals surface area contributed by atoms with Gasteiger partial charge in [0, 0.05) is 32.4 Å². The van der Waals surface area contributed by atoms with E-state index in [1.165, 1.54) is 6.07 Å². The van der Waals surface area contributed by atoms with Gasteiger partial charge in [0.1, 0.15) is 11.3 Å². The van der Waals surface area contributed by atoms with Gasteiger partial charge in [0.15, 0.2) is 11.2 Å². The molecule has 4 rings (SSSR count). The minimum Gasteiger partial charge on any atom is -0.451 e. The number of pyridine rings is 1. The summed E-state index contributed by atoms with van der Waals surface area (Å²) in [6.07, 6.45) is 0. The molecule has 7 nitrogen and oxygen atoms in total. The van der Waals surface area contributed by atoms with Crippen molar-refractivity contribution in [3.8, 4) is 0 Å². The molecule has 0 saturated carbocycles. The number of rotatable bonds is 2. The van der Waals surface area contributed by atoms with Crippen molar-refractivity contribution in [3.05, 3.63) is 80.2 Å². The van der Waals surface area contributed by atoms with E-state index in [0.717, 1.165) is 9.86 Å². The first-order valence-corrected chi connectivity index (χ1v) is 9.15. The van der Waals surface area contributed by atoms with Crippen LogP contribution in [0.15, 0.2) is 62.2 Å². The quantitative estimate of drug-likeness (QED) is 0.416. The van der Waals surface area contributed by atoms with E-state index in [9.17, 15) is 14.4 Å². The van der Waals surface area contributed by atoms with Gasteiger partial charge in [0.05, 0.1) is 0 Å². The van der Waals surface area contributed by atoms with Crippen LogP contribution in [0.4, 0.5) is 0 Å². The molecule has 0 atom stereocenters. The second-order valence-electron chi connectivity index (χ2n) is 6.20. The van der Waals surface area contributed by atoms with E-state index in [-0.39, 0.29) is 16.9 Å². The van der Waals surface area contributed by atoms with Gasteiger partial charge in [-0.1, -0.05) is 34.1 Å². The van der Waals surface area contributed by atoms with Crippen LogP contribution in [-0.4, -0.2) is 16.8 Å². The van der Waals surface area contributed by atoms with Crippen molar-refractivity contribution in [2.45, 2.75) is 6.92 Å². The van der Waals surface area contributed by atoms with Crippen molar-refractivity contribution in [2.75, 3.05) is 0 Å². The van der Waals surface area contributed by atoms with Gasteiger partial charge in [-0.2, -0.15) is 0 Å².